The fourth-order valence-corrected chi connectivity index (χ4v) is 5.20. The van der Waals surface area contributed by atoms with E-state index in [0.717, 1.165) is 25.7 Å². The van der Waals surface area contributed by atoms with Gasteiger partial charge in [0.05, 0.1) is 6.61 Å². The zero-order valence-corrected chi connectivity index (χ0v) is 13.4. The van der Waals surface area contributed by atoms with Crippen LogP contribution in [-0.4, -0.2) is 67.5 Å². The van der Waals surface area contributed by atoms with Crippen LogP contribution in [0.15, 0.2) is 0 Å². The molecule has 3 atom stereocenters. The van der Waals surface area contributed by atoms with Crippen molar-refractivity contribution >= 4 is 16.2 Å². The van der Waals surface area contributed by atoms with Crippen LogP contribution in [0, 0.1) is 5.92 Å². The number of rotatable bonds is 6. The van der Waals surface area contributed by atoms with Gasteiger partial charge in [0.25, 0.3) is 10.2 Å². The first kappa shape index (κ1) is 16.7. The van der Waals surface area contributed by atoms with E-state index in [9.17, 15) is 18.3 Å². The lowest BCUT2D eigenvalue weighted by Crippen LogP contribution is -2.51. The number of likely N-dealkylation sites (N-methyl/N-ethyl adjacent to an activating group) is 1. The van der Waals surface area contributed by atoms with E-state index in [2.05, 4.69) is 0 Å². The molecule has 0 aromatic carbocycles. The van der Waals surface area contributed by atoms with Crippen LogP contribution in [0.1, 0.15) is 32.1 Å². The summed E-state index contributed by atoms with van der Waals surface area (Å²) in [4.78, 5) is 11.5. The van der Waals surface area contributed by atoms with Crippen LogP contribution in [0.4, 0.5) is 0 Å². The Balaban J connectivity index is 2.25. The third-order valence-electron chi connectivity index (χ3n) is 4.58. The summed E-state index contributed by atoms with van der Waals surface area (Å²) in [7, 11) is -0.787. The van der Waals surface area contributed by atoms with E-state index in [-0.39, 0.29) is 25.1 Å². The quantitative estimate of drug-likeness (QED) is 0.771. The molecule has 0 aromatic heterocycles. The molecule has 0 bridgehead atoms. The van der Waals surface area contributed by atoms with Gasteiger partial charge >= 0.3 is 5.97 Å². The minimum Gasteiger partial charge on any atom is -0.480 e. The highest BCUT2D eigenvalue weighted by atomic mass is 32.2. The summed E-state index contributed by atoms with van der Waals surface area (Å²) in [5.41, 5.74) is 0. The van der Waals surface area contributed by atoms with E-state index in [1.54, 1.807) is 0 Å². The molecule has 1 N–H and O–H groups in total. The Labute approximate surface area is 126 Å². The molecule has 0 radical (unpaired) electrons. The molecule has 1 saturated carbocycles. The maximum Gasteiger partial charge on any atom is 0.322 e. The zero-order chi connectivity index (χ0) is 15.6. The van der Waals surface area contributed by atoms with Crippen molar-refractivity contribution in [1.29, 1.82) is 0 Å². The number of nitrogens with zero attached hydrogens (tertiary/aromatic N) is 2. The lowest BCUT2D eigenvalue weighted by molar-refractivity contribution is -0.141. The first-order valence-corrected chi connectivity index (χ1v) is 8.75. The van der Waals surface area contributed by atoms with Gasteiger partial charge in [-0.3, -0.25) is 4.79 Å². The largest absolute Gasteiger partial charge is 0.480 e. The molecule has 1 heterocycles. The monoisotopic (exact) mass is 320 g/mol. The maximum atomic E-state index is 12.7. The highest BCUT2D eigenvalue weighted by Crippen LogP contribution is 2.41. The van der Waals surface area contributed by atoms with Crippen molar-refractivity contribution in [1.82, 2.24) is 8.61 Å². The van der Waals surface area contributed by atoms with E-state index in [0.29, 0.717) is 6.42 Å². The molecule has 1 aliphatic heterocycles. The molecule has 0 aromatic rings. The Bertz CT molecular complexity index is 481. The summed E-state index contributed by atoms with van der Waals surface area (Å²) in [5.74, 6) is -0.876. The van der Waals surface area contributed by atoms with Crippen LogP contribution in [0.25, 0.3) is 0 Å². The fourth-order valence-electron chi connectivity index (χ4n) is 3.46. The first-order chi connectivity index (χ1) is 9.89. The predicted octanol–water partition coefficient (Wildman–Crippen LogP) is 0.527. The second kappa shape index (κ2) is 6.60. The fraction of sp³-hybridized carbons (Fsp3) is 0.923. The minimum absolute atomic E-state index is 0.171. The number of methoxy groups -OCH3 is 1. The van der Waals surface area contributed by atoms with Crippen LogP contribution >= 0.6 is 0 Å². The van der Waals surface area contributed by atoms with Gasteiger partial charge in [0.2, 0.25) is 0 Å². The molecule has 2 fully saturated rings. The van der Waals surface area contributed by atoms with E-state index in [1.807, 2.05) is 0 Å². The number of hydrogen-bond acceptors (Lipinski definition) is 4. The van der Waals surface area contributed by atoms with Gasteiger partial charge in [0.1, 0.15) is 6.04 Å². The lowest BCUT2D eigenvalue weighted by atomic mass is 9.85. The number of hydrogen-bond donors (Lipinski definition) is 1. The van der Waals surface area contributed by atoms with Crippen molar-refractivity contribution in [3.8, 4) is 0 Å². The highest BCUT2D eigenvalue weighted by Gasteiger charge is 2.51. The molecule has 2 aliphatic rings. The molecule has 8 heteroatoms. The van der Waals surface area contributed by atoms with Gasteiger partial charge in [0.15, 0.2) is 0 Å². The van der Waals surface area contributed by atoms with Gasteiger partial charge in [-0.05, 0) is 25.2 Å². The third-order valence-corrected chi connectivity index (χ3v) is 6.61. The number of ether oxygens (including phenoxy) is 1. The number of fused-ring (bicyclic) bond motifs is 1. The molecule has 0 spiro atoms. The Morgan fingerprint density at radius 1 is 1.38 bits per heavy atom. The maximum absolute atomic E-state index is 12.7. The van der Waals surface area contributed by atoms with Crippen molar-refractivity contribution in [3.63, 3.8) is 0 Å². The SMILES string of the molecule is COCCN(C)S(=O)(=O)N1C(C(=O)O)CC2CCCCC21. The summed E-state index contributed by atoms with van der Waals surface area (Å²) in [5, 5.41) is 9.40. The molecule has 7 nitrogen and oxygen atoms in total. The summed E-state index contributed by atoms with van der Waals surface area (Å²) in [6.45, 7) is 0.508. The van der Waals surface area contributed by atoms with E-state index >= 15 is 0 Å². The molecule has 1 saturated heterocycles. The molecule has 122 valence electrons. The summed E-state index contributed by atoms with van der Waals surface area (Å²) < 4.78 is 32.8. The standard InChI is InChI=1S/C13H24N2O5S/c1-14(7-8-20-2)21(18,19)15-11-6-4-3-5-10(11)9-12(15)13(16)17/h10-12H,3-9H2,1-2H3,(H,16,17). The van der Waals surface area contributed by atoms with Crippen LogP contribution in [0.3, 0.4) is 0 Å². The van der Waals surface area contributed by atoms with Crippen LogP contribution in [-0.2, 0) is 19.7 Å². The number of carboxylic acids is 1. The molecule has 1 aliphatic carbocycles. The van der Waals surface area contributed by atoms with Gasteiger partial charge in [-0.25, -0.2) is 0 Å². The topological polar surface area (TPSA) is 87.2 Å². The summed E-state index contributed by atoms with van der Waals surface area (Å²) in [6.07, 6.45) is 4.12. The average molecular weight is 320 g/mol. The number of aliphatic carboxylic acids is 1. The molecular formula is C13H24N2O5S. The minimum atomic E-state index is -3.77. The van der Waals surface area contributed by atoms with E-state index in [4.69, 9.17) is 4.74 Å². The molecule has 2 rings (SSSR count). The normalized spacial score (nSPS) is 30.5. The Morgan fingerprint density at radius 2 is 2.05 bits per heavy atom. The number of carboxylic acid groups (broad SMARTS) is 1. The van der Waals surface area contributed by atoms with Crippen molar-refractivity contribution in [2.45, 2.75) is 44.2 Å². The van der Waals surface area contributed by atoms with Gasteiger partial charge in [-0.15, -0.1) is 0 Å². The Hall–Kier alpha value is -0.700. The molecular weight excluding hydrogens is 296 g/mol. The van der Waals surface area contributed by atoms with E-state index < -0.39 is 22.2 Å². The lowest BCUT2D eigenvalue weighted by Gasteiger charge is -2.34. The van der Waals surface area contributed by atoms with Crippen LogP contribution in [0.5, 0.6) is 0 Å². The summed E-state index contributed by atoms with van der Waals surface area (Å²) >= 11 is 0. The second-order valence-electron chi connectivity index (χ2n) is 5.85. The molecule has 3 unspecified atom stereocenters. The van der Waals surface area contributed by atoms with Crippen molar-refractivity contribution in [2.75, 3.05) is 27.3 Å². The predicted molar refractivity (Wildman–Crippen MR) is 77.1 cm³/mol. The van der Waals surface area contributed by atoms with E-state index in [1.165, 1.54) is 22.8 Å². The Morgan fingerprint density at radius 3 is 2.67 bits per heavy atom. The van der Waals surface area contributed by atoms with Crippen LogP contribution in [0.2, 0.25) is 0 Å². The highest BCUT2D eigenvalue weighted by molar-refractivity contribution is 7.86. The van der Waals surface area contributed by atoms with Gasteiger partial charge < -0.3 is 9.84 Å². The molecule has 21 heavy (non-hydrogen) atoms. The van der Waals surface area contributed by atoms with Crippen molar-refractivity contribution in [2.24, 2.45) is 5.92 Å². The van der Waals surface area contributed by atoms with Gasteiger partial charge in [-0.1, -0.05) is 12.8 Å². The second-order valence-corrected chi connectivity index (χ2v) is 7.79. The molecule has 0 amide bonds. The summed E-state index contributed by atoms with van der Waals surface area (Å²) in [6, 6.07) is -1.11. The van der Waals surface area contributed by atoms with Crippen molar-refractivity contribution < 1.29 is 23.1 Å². The Kier molecular flexibility index (Phi) is 5.24. The third kappa shape index (κ3) is 3.23. The smallest absolute Gasteiger partial charge is 0.322 e. The number of carbonyl (C=O) groups is 1. The van der Waals surface area contributed by atoms with Crippen molar-refractivity contribution in [3.05, 3.63) is 0 Å². The van der Waals surface area contributed by atoms with Gasteiger partial charge in [0, 0.05) is 26.7 Å². The first-order valence-electron chi connectivity index (χ1n) is 7.36. The van der Waals surface area contributed by atoms with Gasteiger partial charge in [-0.2, -0.15) is 17.0 Å². The zero-order valence-electron chi connectivity index (χ0n) is 12.6. The average Bonchev–Trinajstić information content (AvgIpc) is 2.84. The van der Waals surface area contributed by atoms with Crippen LogP contribution < -0.4 is 0 Å².